The first-order chi connectivity index (χ1) is 11.4. The van der Waals surface area contributed by atoms with Crippen LogP contribution in [-0.2, 0) is 4.79 Å². The molecule has 0 saturated carbocycles. The summed E-state index contributed by atoms with van der Waals surface area (Å²) in [6.07, 6.45) is 3.57. The Bertz CT molecular complexity index is 714. The Hall–Kier alpha value is -2.35. The molecule has 2 rings (SSSR count). The van der Waals surface area contributed by atoms with Crippen LogP contribution in [0.3, 0.4) is 0 Å². The van der Waals surface area contributed by atoms with Gasteiger partial charge in [-0.1, -0.05) is 22.9 Å². The Labute approximate surface area is 148 Å². The van der Waals surface area contributed by atoms with Crippen LogP contribution < -0.4 is 10.6 Å². The number of amides is 2. The van der Waals surface area contributed by atoms with Crippen LogP contribution >= 0.6 is 15.9 Å². The average molecular weight is 395 g/mol. The third kappa shape index (κ3) is 4.35. The molecule has 0 radical (unpaired) electrons. The van der Waals surface area contributed by atoms with E-state index in [1.165, 1.54) is 6.20 Å². The Morgan fingerprint density at radius 3 is 2.58 bits per heavy atom. The van der Waals surface area contributed by atoms with Gasteiger partial charge in [-0.2, -0.15) is 0 Å². The lowest BCUT2D eigenvalue weighted by Crippen LogP contribution is -2.33. The molecule has 7 nitrogen and oxygen atoms in total. The van der Waals surface area contributed by atoms with Crippen LogP contribution in [0, 0.1) is 0 Å². The van der Waals surface area contributed by atoms with Gasteiger partial charge in [-0.15, -0.1) is 0 Å². The lowest BCUT2D eigenvalue weighted by molar-refractivity contribution is -0.141. The number of benzene rings is 1. The molecular formula is C16H19BrN4O3. The summed E-state index contributed by atoms with van der Waals surface area (Å²) in [5.74, 6) is -0.432. The smallest absolute Gasteiger partial charge is 0.326 e. The van der Waals surface area contributed by atoms with Crippen molar-refractivity contribution in [2.24, 2.45) is 0 Å². The second-order valence-electron chi connectivity index (χ2n) is 5.28. The van der Waals surface area contributed by atoms with Crippen LogP contribution in [0.5, 0.6) is 0 Å². The van der Waals surface area contributed by atoms with E-state index >= 15 is 0 Å². The summed E-state index contributed by atoms with van der Waals surface area (Å²) >= 11 is 3.33. The zero-order valence-electron chi connectivity index (χ0n) is 13.4. The first-order valence-electron chi connectivity index (χ1n) is 7.51. The SMILES string of the molecule is CCC(C(=O)O)n1ccnc1C(C)NC(=O)Nc1ccc(Br)cc1. The number of aliphatic carboxylic acids is 1. The van der Waals surface area contributed by atoms with E-state index in [0.717, 1.165) is 4.47 Å². The Kier molecular flexibility index (Phi) is 5.97. The van der Waals surface area contributed by atoms with Gasteiger partial charge in [0.15, 0.2) is 0 Å². The summed E-state index contributed by atoms with van der Waals surface area (Å²) in [4.78, 5) is 27.6. The highest BCUT2D eigenvalue weighted by atomic mass is 79.9. The minimum Gasteiger partial charge on any atom is -0.480 e. The second-order valence-corrected chi connectivity index (χ2v) is 6.20. The fourth-order valence-electron chi connectivity index (χ4n) is 2.38. The number of carboxylic acids is 1. The van der Waals surface area contributed by atoms with Crippen LogP contribution in [0.15, 0.2) is 41.1 Å². The molecule has 2 amide bonds. The number of nitrogens with zero attached hydrogens (tertiary/aromatic N) is 2. The van der Waals surface area contributed by atoms with Crippen molar-refractivity contribution in [2.45, 2.75) is 32.4 Å². The van der Waals surface area contributed by atoms with Gasteiger partial charge >= 0.3 is 12.0 Å². The van der Waals surface area contributed by atoms with E-state index in [0.29, 0.717) is 17.9 Å². The number of nitrogens with one attached hydrogen (secondary N) is 2. The van der Waals surface area contributed by atoms with Gasteiger partial charge in [0, 0.05) is 22.6 Å². The minimum absolute atomic E-state index is 0.386. The van der Waals surface area contributed by atoms with Crippen molar-refractivity contribution in [2.75, 3.05) is 5.32 Å². The van der Waals surface area contributed by atoms with Crippen LogP contribution in [0.25, 0.3) is 0 Å². The summed E-state index contributed by atoms with van der Waals surface area (Å²) in [6.45, 7) is 3.55. The van der Waals surface area contributed by atoms with Crippen molar-refractivity contribution >= 4 is 33.6 Å². The molecule has 24 heavy (non-hydrogen) atoms. The van der Waals surface area contributed by atoms with E-state index in [4.69, 9.17) is 0 Å². The molecule has 1 aromatic heterocycles. The van der Waals surface area contributed by atoms with E-state index in [1.54, 1.807) is 36.7 Å². The molecule has 0 aliphatic rings. The normalized spacial score (nSPS) is 13.1. The molecule has 0 spiro atoms. The van der Waals surface area contributed by atoms with Gasteiger partial charge in [0.05, 0.1) is 6.04 Å². The maximum atomic E-state index is 12.1. The molecule has 2 aromatic rings. The fourth-order valence-corrected chi connectivity index (χ4v) is 2.64. The number of carbonyl (C=O) groups is 2. The maximum absolute atomic E-state index is 12.1. The summed E-state index contributed by atoms with van der Waals surface area (Å²) in [7, 11) is 0. The van der Waals surface area contributed by atoms with Gasteiger partial charge in [0.1, 0.15) is 11.9 Å². The van der Waals surface area contributed by atoms with Crippen LogP contribution in [-0.4, -0.2) is 26.7 Å². The van der Waals surface area contributed by atoms with Gasteiger partial charge in [-0.3, -0.25) is 0 Å². The third-order valence-electron chi connectivity index (χ3n) is 3.54. The predicted molar refractivity (Wildman–Crippen MR) is 93.9 cm³/mol. The number of hydrogen-bond donors (Lipinski definition) is 3. The van der Waals surface area contributed by atoms with Gasteiger partial charge in [0.2, 0.25) is 0 Å². The monoisotopic (exact) mass is 394 g/mol. The molecule has 128 valence electrons. The molecule has 0 aliphatic carbocycles. The first-order valence-corrected chi connectivity index (χ1v) is 8.30. The van der Waals surface area contributed by atoms with Crippen LogP contribution in [0.1, 0.15) is 38.2 Å². The minimum atomic E-state index is -0.928. The Balaban J connectivity index is 2.06. The van der Waals surface area contributed by atoms with Gasteiger partial charge in [0.25, 0.3) is 0 Å². The zero-order chi connectivity index (χ0) is 17.7. The number of anilines is 1. The van der Waals surface area contributed by atoms with Gasteiger partial charge < -0.3 is 20.3 Å². The van der Waals surface area contributed by atoms with E-state index < -0.39 is 18.1 Å². The molecule has 0 bridgehead atoms. The third-order valence-corrected chi connectivity index (χ3v) is 4.07. The van der Waals surface area contributed by atoms with Gasteiger partial charge in [-0.25, -0.2) is 14.6 Å². The molecule has 0 saturated heterocycles. The molecule has 1 heterocycles. The van der Waals surface area contributed by atoms with Crippen molar-refractivity contribution in [1.82, 2.24) is 14.9 Å². The van der Waals surface area contributed by atoms with E-state index in [9.17, 15) is 14.7 Å². The maximum Gasteiger partial charge on any atom is 0.326 e. The van der Waals surface area contributed by atoms with Crippen molar-refractivity contribution in [3.05, 3.63) is 47.0 Å². The molecular weight excluding hydrogens is 376 g/mol. The van der Waals surface area contributed by atoms with Crippen molar-refractivity contribution in [3.63, 3.8) is 0 Å². The molecule has 8 heteroatoms. The number of imidazole rings is 1. The topological polar surface area (TPSA) is 96.2 Å². The average Bonchev–Trinajstić information content (AvgIpc) is 2.99. The van der Waals surface area contributed by atoms with Crippen LogP contribution in [0.4, 0.5) is 10.5 Å². The van der Waals surface area contributed by atoms with Gasteiger partial charge in [-0.05, 0) is 37.6 Å². The Morgan fingerprint density at radius 2 is 2.00 bits per heavy atom. The lowest BCUT2D eigenvalue weighted by Gasteiger charge is -2.19. The van der Waals surface area contributed by atoms with Crippen LogP contribution in [0.2, 0.25) is 0 Å². The summed E-state index contributed by atoms with van der Waals surface area (Å²) in [5, 5.41) is 14.8. The number of halogens is 1. The summed E-state index contributed by atoms with van der Waals surface area (Å²) < 4.78 is 2.50. The number of aromatic nitrogens is 2. The largest absolute Gasteiger partial charge is 0.480 e. The summed E-state index contributed by atoms with van der Waals surface area (Å²) in [6, 6.07) is 5.65. The lowest BCUT2D eigenvalue weighted by atomic mass is 10.2. The number of urea groups is 1. The predicted octanol–water partition coefficient (Wildman–Crippen LogP) is 3.56. The number of carboxylic acid groups (broad SMARTS) is 1. The molecule has 3 N–H and O–H groups in total. The van der Waals surface area contributed by atoms with Crippen molar-refractivity contribution in [3.8, 4) is 0 Å². The highest BCUT2D eigenvalue weighted by molar-refractivity contribution is 9.10. The first kappa shape index (κ1) is 18.0. The quantitative estimate of drug-likeness (QED) is 0.697. The second kappa shape index (κ2) is 7.96. The highest BCUT2D eigenvalue weighted by Gasteiger charge is 2.23. The molecule has 1 aromatic carbocycles. The standard InChI is InChI=1S/C16H19BrN4O3/c1-3-13(15(22)23)21-9-8-18-14(21)10(2)19-16(24)20-12-6-4-11(17)5-7-12/h4-10,13H,3H2,1-2H3,(H,22,23)(H2,19,20,24). The summed E-state index contributed by atoms with van der Waals surface area (Å²) in [5.41, 5.74) is 0.656. The van der Waals surface area contributed by atoms with Crippen molar-refractivity contribution in [1.29, 1.82) is 0 Å². The van der Waals surface area contributed by atoms with E-state index in [-0.39, 0.29) is 6.03 Å². The number of hydrogen-bond acceptors (Lipinski definition) is 3. The zero-order valence-corrected chi connectivity index (χ0v) is 14.9. The fraction of sp³-hybridized carbons (Fsp3) is 0.312. The van der Waals surface area contributed by atoms with E-state index in [1.807, 2.05) is 12.1 Å². The highest BCUT2D eigenvalue weighted by Crippen LogP contribution is 2.19. The number of rotatable bonds is 6. The Morgan fingerprint density at radius 1 is 1.33 bits per heavy atom. The molecule has 0 fully saturated rings. The van der Waals surface area contributed by atoms with E-state index in [2.05, 4.69) is 31.5 Å². The molecule has 2 atom stereocenters. The number of carbonyl (C=O) groups excluding carboxylic acids is 1. The molecule has 2 unspecified atom stereocenters. The molecule has 0 aliphatic heterocycles. The van der Waals surface area contributed by atoms with Crippen molar-refractivity contribution < 1.29 is 14.7 Å².